The summed E-state index contributed by atoms with van der Waals surface area (Å²) >= 11 is 0. The van der Waals surface area contributed by atoms with Gasteiger partial charge in [0.15, 0.2) is 0 Å². The Bertz CT molecular complexity index is 404. The van der Waals surface area contributed by atoms with Gasteiger partial charge in [0.1, 0.15) is 17.5 Å². The van der Waals surface area contributed by atoms with Gasteiger partial charge in [-0.25, -0.2) is 9.97 Å². The highest BCUT2D eigenvalue weighted by atomic mass is 16.3. The molecule has 1 rings (SSSR count). The first-order valence-corrected chi connectivity index (χ1v) is 6.49. The Morgan fingerprint density at radius 2 is 2.00 bits per heavy atom. The zero-order chi connectivity index (χ0) is 13.8. The van der Waals surface area contributed by atoms with Crippen LogP contribution in [-0.2, 0) is 6.42 Å². The van der Waals surface area contributed by atoms with Crippen molar-refractivity contribution in [1.82, 2.24) is 9.97 Å². The largest absolute Gasteiger partial charge is 0.388 e. The van der Waals surface area contributed by atoms with Crippen molar-refractivity contribution < 1.29 is 5.11 Å². The number of nitrogens with one attached hydrogen (secondary N) is 1. The van der Waals surface area contributed by atoms with Crippen LogP contribution in [0.2, 0.25) is 0 Å². The van der Waals surface area contributed by atoms with Gasteiger partial charge in [0, 0.05) is 18.5 Å². The fraction of sp³-hybridized carbons (Fsp3) is 0.692. The van der Waals surface area contributed by atoms with Gasteiger partial charge < -0.3 is 16.2 Å². The summed E-state index contributed by atoms with van der Waals surface area (Å²) in [7, 11) is 0. The molecular formula is C13H24N4O. The molecule has 0 aliphatic rings. The number of aryl methyl sites for hydroxylation is 1. The highest BCUT2D eigenvalue weighted by Gasteiger charge is 2.18. The van der Waals surface area contributed by atoms with E-state index in [1.807, 2.05) is 13.8 Å². The van der Waals surface area contributed by atoms with Crippen LogP contribution in [-0.4, -0.2) is 27.2 Å². The number of nitrogen functional groups attached to an aromatic ring is 1. The Morgan fingerprint density at radius 1 is 1.33 bits per heavy atom. The molecule has 5 nitrogen and oxygen atoms in total. The van der Waals surface area contributed by atoms with Crippen molar-refractivity contribution in [1.29, 1.82) is 0 Å². The lowest BCUT2D eigenvalue weighted by atomic mass is 10.0. The zero-order valence-electron chi connectivity index (χ0n) is 11.7. The highest BCUT2D eigenvalue weighted by Crippen LogP contribution is 2.19. The minimum Gasteiger partial charge on any atom is -0.388 e. The summed E-state index contributed by atoms with van der Waals surface area (Å²) in [6.07, 6.45) is 2.47. The number of hydrogen-bond donors (Lipinski definition) is 3. The van der Waals surface area contributed by atoms with Gasteiger partial charge in [0.25, 0.3) is 0 Å². The monoisotopic (exact) mass is 252 g/mol. The second-order valence-corrected chi connectivity index (χ2v) is 4.95. The Balaban J connectivity index is 2.87. The number of nitrogens with two attached hydrogens (primary N) is 1. The quantitative estimate of drug-likeness (QED) is 0.720. The van der Waals surface area contributed by atoms with E-state index in [0.29, 0.717) is 18.8 Å². The molecule has 102 valence electrons. The van der Waals surface area contributed by atoms with E-state index in [1.54, 1.807) is 6.92 Å². The first-order valence-electron chi connectivity index (χ1n) is 6.49. The number of aromatic nitrogens is 2. The fourth-order valence-electron chi connectivity index (χ4n) is 1.49. The molecular weight excluding hydrogens is 228 g/mol. The Kier molecular flexibility index (Phi) is 4.90. The van der Waals surface area contributed by atoms with Crippen LogP contribution in [0.25, 0.3) is 0 Å². The maximum atomic E-state index is 9.98. The summed E-state index contributed by atoms with van der Waals surface area (Å²) in [5.74, 6) is 1.98. The number of nitrogens with zero attached hydrogens (tertiary/aromatic N) is 2. The predicted molar refractivity (Wildman–Crippen MR) is 74.6 cm³/mol. The van der Waals surface area contributed by atoms with Crippen molar-refractivity contribution in [2.75, 3.05) is 17.6 Å². The van der Waals surface area contributed by atoms with Gasteiger partial charge in [0.05, 0.1) is 5.60 Å². The molecule has 4 N–H and O–H groups in total. The summed E-state index contributed by atoms with van der Waals surface area (Å²) in [4.78, 5) is 8.70. The number of rotatable bonds is 6. The van der Waals surface area contributed by atoms with Gasteiger partial charge >= 0.3 is 0 Å². The van der Waals surface area contributed by atoms with E-state index in [1.165, 1.54) is 0 Å². The maximum Gasteiger partial charge on any atom is 0.134 e. The molecule has 0 fully saturated rings. The first kappa shape index (κ1) is 14.7. The van der Waals surface area contributed by atoms with Crippen molar-refractivity contribution in [3.8, 4) is 0 Å². The summed E-state index contributed by atoms with van der Waals surface area (Å²) in [5.41, 5.74) is 5.97. The van der Waals surface area contributed by atoms with Crippen LogP contribution in [0, 0.1) is 6.92 Å². The standard InChI is InChI=1S/C13H24N4O/c1-5-7-10-16-11(14)9(3)12(17-10)15-8-13(4,18)6-2/h18H,5-8H2,1-4H3,(H3,14,15,16,17). The molecule has 0 aliphatic heterocycles. The van der Waals surface area contributed by atoms with E-state index in [9.17, 15) is 5.11 Å². The average molecular weight is 252 g/mol. The third-order valence-electron chi connectivity index (χ3n) is 3.10. The van der Waals surface area contributed by atoms with E-state index in [2.05, 4.69) is 22.2 Å². The number of aliphatic hydroxyl groups is 1. The van der Waals surface area contributed by atoms with Crippen molar-refractivity contribution in [2.24, 2.45) is 0 Å². The molecule has 1 heterocycles. The third kappa shape index (κ3) is 3.84. The second kappa shape index (κ2) is 6.00. The van der Waals surface area contributed by atoms with Gasteiger partial charge in [0.2, 0.25) is 0 Å². The minimum absolute atomic E-state index is 0.451. The van der Waals surface area contributed by atoms with Gasteiger partial charge in [-0.15, -0.1) is 0 Å². The van der Waals surface area contributed by atoms with Crippen LogP contribution in [0.15, 0.2) is 0 Å². The van der Waals surface area contributed by atoms with Crippen molar-refractivity contribution in [3.05, 3.63) is 11.4 Å². The van der Waals surface area contributed by atoms with Crippen molar-refractivity contribution in [2.45, 2.75) is 52.6 Å². The number of hydrogen-bond acceptors (Lipinski definition) is 5. The summed E-state index contributed by atoms with van der Waals surface area (Å²) in [6, 6.07) is 0. The SMILES string of the molecule is CCCc1nc(N)c(C)c(NCC(C)(O)CC)n1. The average Bonchev–Trinajstić information content (AvgIpc) is 2.32. The zero-order valence-corrected chi connectivity index (χ0v) is 11.7. The van der Waals surface area contributed by atoms with Gasteiger partial charge in [-0.2, -0.15) is 0 Å². The minimum atomic E-state index is -0.739. The Morgan fingerprint density at radius 3 is 2.56 bits per heavy atom. The maximum absolute atomic E-state index is 9.98. The van der Waals surface area contributed by atoms with Gasteiger partial charge in [-0.05, 0) is 26.7 Å². The molecule has 0 aromatic carbocycles. The number of anilines is 2. The normalized spacial score (nSPS) is 14.3. The van der Waals surface area contributed by atoms with Crippen molar-refractivity contribution >= 4 is 11.6 Å². The molecule has 0 radical (unpaired) electrons. The van der Waals surface area contributed by atoms with Crippen LogP contribution in [0.5, 0.6) is 0 Å². The lowest BCUT2D eigenvalue weighted by molar-refractivity contribution is 0.0696. The van der Waals surface area contributed by atoms with E-state index in [0.717, 1.165) is 30.0 Å². The molecule has 0 aliphatic carbocycles. The van der Waals surface area contributed by atoms with Crippen LogP contribution in [0.1, 0.15) is 45.0 Å². The molecule has 0 spiro atoms. The molecule has 0 bridgehead atoms. The van der Waals surface area contributed by atoms with Gasteiger partial charge in [-0.3, -0.25) is 0 Å². The Labute approximate surface area is 109 Å². The fourth-order valence-corrected chi connectivity index (χ4v) is 1.49. The molecule has 5 heteroatoms. The molecule has 0 saturated heterocycles. The molecule has 0 amide bonds. The van der Waals surface area contributed by atoms with E-state index < -0.39 is 5.60 Å². The third-order valence-corrected chi connectivity index (χ3v) is 3.10. The summed E-state index contributed by atoms with van der Waals surface area (Å²) in [6.45, 7) is 8.16. The summed E-state index contributed by atoms with van der Waals surface area (Å²) in [5, 5.41) is 13.1. The molecule has 0 saturated carbocycles. The smallest absolute Gasteiger partial charge is 0.134 e. The predicted octanol–water partition coefficient (Wildman–Crippen LogP) is 1.89. The van der Waals surface area contributed by atoms with Crippen LogP contribution in [0.3, 0.4) is 0 Å². The molecule has 18 heavy (non-hydrogen) atoms. The molecule has 1 aromatic rings. The Hall–Kier alpha value is -1.36. The van der Waals surface area contributed by atoms with E-state index >= 15 is 0 Å². The molecule has 1 atom stereocenters. The highest BCUT2D eigenvalue weighted by molar-refractivity contribution is 5.54. The molecule has 1 aromatic heterocycles. The lowest BCUT2D eigenvalue weighted by Crippen LogP contribution is -2.33. The molecule has 1 unspecified atom stereocenters. The lowest BCUT2D eigenvalue weighted by Gasteiger charge is -2.22. The van der Waals surface area contributed by atoms with Crippen LogP contribution in [0.4, 0.5) is 11.6 Å². The van der Waals surface area contributed by atoms with E-state index in [4.69, 9.17) is 5.73 Å². The van der Waals surface area contributed by atoms with Gasteiger partial charge in [-0.1, -0.05) is 13.8 Å². The van der Waals surface area contributed by atoms with Crippen LogP contribution >= 0.6 is 0 Å². The summed E-state index contributed by atoms with van der Waals surface area (Å²) < 4.78 is 0. The topological polar surface area (TPSA) is 84.1 Å². The van der Waals surface area contributed by atoms with E-state index in [-0.39, 0.29) is 0 Å². The first-order chi connectivity index (χ1) is 8.39. The second-order valence-electron chi connectivity index (χ2n) is 4.95. The van der Waals surface area contributed by atoms with Crippen LogP contribution < -0.4 is 11.1 Å². The van der Waals surface area contributed by atoms with Crippen molar-refractivity contribution in [3.63, 3.8) is 0 Å².